The number of nitriles is 1. The Morgan fingerprint density at radius 2 is 1.74 bits per heavy atom. The Kier molecular flexibility index (Phi) is 4.95. The molecule has 1 amide bonds. The monoisotopic (exact) mass is 363 g/mol. The van der Waals surface area contributed by atoms with E-state index in [1.807, 2.05) is 53.4 Å². The molecular formula is C21H21N3O3. The number of para-hydroxylation sites is 2. The number of hydrogen-bond acceptors (Lipinski definition) is 5. The molecule has 4 rings (SSSR count). The lowest BCUT2D eigenvalue weighted by molar-refractivity contribution is -0.143. The van der Waals surface area contributed by atoms with E-state index in [0.717, 1.165) is 25.2 Å². The van der Waals surface area contributed by atoms with Crippen LogP contribution in [0.3, 0.4) is 0 Å². The molecule has 2 heterocycles. The summed E-state index contributed by atoms with van der Waals surface area (Å²) in [6, 6.07) is 17.3. The van der Waals surface area contributed by atoms with E-state index in [0.29, 0.717) is 30.2 Å². The first kappa shape index (κ1) is 17.4. The zero-order chi connectivity index (χ0) is 18.6. The molecular weight excluding hydrogens is 342 g/mol. The summed E-state index contributed by atoms with van der Waals surface area (Å²) < 4.78 is 11.5. The molecule has 0 unspecified atom stereocenters. The van der Waals surface area contributed by atoms with Gasteiger partial charge in [-0.1, -0.05) is 30.3 Å². The first-order chi connectivity index (χ1) is 13.2. The lowest BCUT2D eigenvalue weighted by atomic mass is 10.1. The molecule has 138 valence electrons. The van der Waals surface area contributed by atoms with Crippen LogP contribution in [0.1, 0.15) is 11.1 Å². The Bertz CT molecular complexity index is 869. The minimum absolute atomic E-state index is 0.0263. The smallest absolute Gasteiger partial charge is 0.267 e. The van der Waals surface area contributed by atoms with Gasteiger partial charge < -0.3 is 14.4 Å². The molecule has 0 aromatic heterocycles. The second-order valence-corrected chi connectivity index (χ2v) is 6.73. The van der Waals surface area contributed by atoms with Gasteiger partial charge in [0.15, 0.2) is 11.5 Å². The SMILES string of the molecule is N#Cc1ccccc1CN1CCN(C(=O)[C@@H]2COc3ccccc3O2)CC1. The molecule has 2 aliphatic heterocycles. The summed E-state index contributed by atoms with van der Waals surface area (Å²) >= 11 is 0. The zero-order valence-corrected chi connectivity index (χ0v) is 15.0. The minimum Gasteiger partial charge on any atom is -0.485 e. The van der Waals surface area contributed by atoms with Crippen LogP contribution in [0.25, 0.3) is 0 Å². The third-order valence-corrected chi connectivity index (χ3v) is 5.00. The maximum atomic E-state index is 12.8. The lowest BCUT2D eigenvalue weighted by Crippen LogP contribution is -2.53. The molecule has 0 aliphatic carbocycles. The average Bonchev–Trinajstić information content (AvgIpc) is 2.74. The van der Waals surface area contributed by atoms with Crippen LogP contribution >= 0.6 is 0 Å². The van der Waals surface area contributed by atoms with Crippen molar-refractivity contribution in [3.63, 3.8) is 0 Å². The van der Waals surface area contributed by atoms with Crippen LogP contribution < -0.4 is 9.47 Å². The van der Waals surface area contributed by atoms with Crippen LogP contribution in [0.15, 0.2) is 48.5 Å². The van der Waals surface area contributed by atoms with E-state index in [9.17, 15) is 10.1 Å². The Balaban J connectivity index is 1.33. The van der Waals surface area contributed by atoms with E-state index in [4.69, 9.17) is 9.47 Å². The van der Waals surface area contributed by atoms with Crippen molar-refractivity contribution in [2.75, 3.05) is 32.8 Å². The van der Waals surface area contributed by atoms with E-state index in [1.165, 1.54) is 0 Å². The Morgan fingerprint density at radius 3 is 2.52 bits per heavy atom. The fourth-order valence-electron chi connectivity index (χ4n) is 3.48. The number of piperazine rings is 1. The van der Waals surface area contributed by atoms with Crippen molar-refractivity contribution < 1.29 is 14.3 Å². The number of nitrogens with zero attached hydrogens (tertiary/aromatic N) is 3. The lowest BCUT2D eigenvalue weighted by Gasteiger charge is -2.37. The highest BCUT2D eigenvalue weighted by Gasteiger charge is 2.32. The molecule has 1 saturated heterocycles. The Hall–Kier alpha value is -3.04. The average molecular weight is 363 g/mol. The molecule has 2 aliphatic rings. The highest BCUT2D eigenvalue weighted by molar-refractivity contribution is 5.82. The van der Waals surface area contributed by atoms with Crippen molar-refractivity contribution >= 4 is 5.91 Å². The molecule has 0 spiro atoms. The Morgan fingerprint density at radius 1 is 1.04 bits per heavy atom. The number of carbonyl (C=O) groups excluding carboxylic acids is 1. The predicted molar refractivity (Wildman–Crippen MR) is 99.4 cm³/mol. The van der Waals surface area contributed by atoms with Crippen molar-refractivity contribution in [1.82, 2.24) is 9.80 Å². The van der Waals surface area contributed by atoms with E-state index in [1.54, 1.807) is 0 Å². The summed E-state index contributed by atoms with van der Waals surface area (Å²) in [5.41, 5.74) is 1.74. The summed E-state index contributed by atoms with van der Waals surface area (Å²) in [7, 11) is 0. The molecule has 0 radical (unpaired) electrons. The van der Waals surface area contributed by atoms with Gasteiger partial charge in [-0.2, -0.15) is 5.26 Å². The van der Waals surface area contributed by atoms with Crippen molar-refractivity contribution in [3.05, 3.63) is 59.7 Å². The molecule has 27 heavy (non-hydrogen) atoms. The molecule has 0 N–H and O–H groups in total. The van der Waals surface area contributed by atoms with Gasteiger partial charge >= 0.3 is 0 Å². The number of amides is 1. The number of carbonyl (C=O) groups is 1. The summed E-state index contributed by atoms with van der Waals surface area (Å²) in [4.78, 5) is 16.9. The normalized spacial score (nSPS) is 19.4. The van der Waals surface area contributed by atoms with Crippen LogP contribution in [0, 0.1) is 11.3 Å². The molecule has 1 atom stereocenters. The van der Waals surface area contributed by atoms with Gasteiger partial charge in [0, 0.05) is 32.7 Å². The van der Waals surface area contributed by atoms with Gasteiger partial charge in [-0.05, 0) is 23.8 Å². The molecule has 6 heteroatoms. The molecule has 0 saturated carbocycles. The van der Waals surface area contributed by atoms with Crippen LogP contribution in [-0.2, 0) is 11.3 Å². The molecule has 2 aromatic carbocycles. The summed E-state index contributed by atoms with van der Waals surface area (Å²) in [6.45, 7) is 3.81. The van der Waals surface area contributed by atoms with Crippen molar-refractivity contribution in [2.45, 2.75) is 12.6 Å². The van der Waals surface area contributed by atoms with Crippen molar-refractivity contribution in [3.8, 4) is 17.6 Å². The van der Waals surface area contributed by atoms with Crippen LogP contribution in [0.4, 0.5) is 0 Å². The van der Waals surface area contributed by atoms with E-state index in [-0.39, 0.29) is 12.5 Å². The number of fused-ring (bicyclic) bond motifs is 1. The third kappa shape index (κ3) is 3.74. The minimum atomic E-state index is -0.592. The van der Waals surface area contributed by atoms with Crippen molar-refractivity contribution in [2.24, 2.45) is 0 Å². The highest BCUT2D eigenvalue weighted by atomic mass is 16.6. The topological polar surface area (TPSA) is 65.8 Å². The first-order valence-corrected chi connectivity index (χ1v) is 9.12. The van der Waals surface area contributed by atoms with Crippen LogP contribution in [0.2, 0.25) is 0 Å². The number of ether oxygens (including phenoxy) is 2. The number of hydrogen-bond donors (Lipinski definition) is 0. The predicted octanol–water partition coefficient (Wildman–Crippen LogP) is 2.04. The van der Waals surface area contributed by atoms with Gasteiger partial charge in [-0.3, -0.25) is 9.69 Å². The zero-order valence-electron chi connectivity index (χ0n) is 15.0. The summed E-state index contributed by atoms with van der Waals surface area (Å²) in [5.74, 6) is 1.28. The van der Waals surface area contributed by atoms with Gasteiger partial charge in [0.2, 0.25) is 6.10 Å². The Labute approximate surface area is 158 Å². The highest BCUT2D eigenvalue weighted by Crippen LogP contribution is 2.31. The largest absolute Gasteiger partial charge is 0.485 e. The van der Waals surface area contributed by atoms with E-state index >= 15 is 0 Å². The summed E-state index contributed by atoms with van der Waals surface area (Å²) in [5, 5.41) is 9.23. The molecule has 1 fully saturated rings. The fourth-order valence-corrected chi connectivity index (χ4v) is 3.48. The number of benzene rings is 2. The first-order valence-electron chi connectivity index (χ1n) is 9.12. The second-order valence-electron chi connectivity index (χ2n) is 6.73. The van der Waals surface area contributed by atoms with Gasteiger partial charge in [0.05, 0.1) is 11.6 Å². The van der Waals surface area contributed by atoms with Crippen molar-refractivity contribution in [1.29, 1.82) is 5.26 Å². The number of rotatable bonds is 3. The quantitative estimate of drug-likeness (QED) is 0.835. The fraction of sp³-hybridized carbons (Fsp3) is 0.333. The molecule has 0 bridgehead atoms. The maximum absolute atomic E-state index is 12.8. The van der Waals surface area contributed by atoms with Gasteiger partial charge in [-0.15, -0.1) is 0 Å². The standard InChI is InChI=1S/C21H21N3O3/c22-13-16-5-1-2-6-17(16)14-23-9-11-24(12-10-23)21(25)20-15-26-18-7-3-4-8-19(18)27-20/h1-8,20H,9-12,14-15H2/t20-/m0/s1. The molecule has 6 nitrogen and oxygen atoms in total. The van der Waals surface area contributed by atoms with E-state index < -0.39 is 6.10 Å². The molecule has 2 aromatic rings. The van der Waals surface area contributed by atoms with Gasteiger partial charge in [0.25, 0.3) is 5.91 Å². The van der Waals surface area contributed by atoms with E-state index in [2.05, 4.69) is 11.0 Å². The second kappa shape index (κ2) is 7.68. The summed E-state index contributed by atoms with van der Waals surface area (Å²) in [6.07, 6.45) is -0.592. The van der Waals surface area contributed by atoms with Gasteiger partial charge in [0.1, 0.15) is 6.61 Å². The third-order valence-electron chi connectivity index (χ3n) is 5.00. The maximum Gasteiger partial charge on any atom is 0.267 e. The van der Waals surface area contributed by atoms with Crippen LogP contribution in [0.5, 0.6) is 11.5 Å². The van der Waals surface area contributed by atoms with Crippen LogP contribution in [-0.4, -0.2) is 54.6 Å². The van der Waals surface area contributed by atoms with Gasteiger partial charge in [-0.25, -0.2) is 0 Å².